The van der Waals surface area contributed by atoms with Crippen molar-refractivity contribution in [1.82, 2.24) is 10.2 Å². The molecule has 3 rings (SSSR count). The molecular formula is C29H33ClFN3O4S. The Hall–Kier alpha value is -3.43. The van der Waals surface area contributed by atoms with Gasteiger partial charge in [0.05, 0.1) is 11.9 Å². The van der Waals surface area contributed by atoms with Gasteiger partial charge in [0.15, 0.2) is 0 Å². The van der Waals surface area contributed by atoms with Crippen molar-refractivity contribution in [1.29, 1.82) is 0 Å². The fraction of sp³-hybridized carbons (Fsp3) is 0.310. The van der Waals surface area contributed by atoms with E-state index < -0.39 is 34.3 Å². The molecule has 0 spiro atoms. The maximum absolute atomic E-state index is 13.9. The minimum Gasteiger partial charge on any atom is -0.352 e. The topological polar surface area (TPSA) is 86.8 Å². The van der Waals surface area contributed by atoms with Gasteiger partial charge in [0, 0.05) is 24.0 Å². The summed E-state index contributed by atoms with van der Waals surface area (Å²) in [6.45, 7) is 3.25. The van der Waals surface area contributed by atoms with E-state index in [0.29, 0.717) is 17.0 Å². The lowest BCUT2D eigenvalue weighted by Gasteiger charge is -2.34. The molecule has 0 aromatic heterocycles. The number of hydrogen-bond donors (Lipinski definition) is 1. The number of anilines is 1. The normalized spacial score (nSPS) is 12.8. The standard InChI is InChI=1S/C29H33ClFN3O4S/c1-4-21(2)32-29(36)27(18-22-8-6-5-7-9-22)33(19-23-10-14-25(31)15-11-23)28(35)20-34(39(3,37)38)26-16-12-24(30)13-17-26/h5-17,21,27H,4,18-20H2,1-3H3,(H,32,36). The van der Waals surface area contributed by atoms with E-state index >= 15 is 0 Å². The van der Waals surface area contributed by atoms with E-state index in [4.69, 9.17) is 11.6 Å². The molecule has 0 bridgehead atoms. The second kappa shape index (κ2) is 13.6. The maximum atomic E-state index is 13.9. The SMILES string of the molecule is CCC(C)NC(=O)C(Cc1ccccc1)N(Cc1ccc(F)cc1)C(=O)CN(c1ccc(Cl)cc1)S(C)(=O)=O. The predicted octanol–water partition coefficient (Wildman–Crippen LogP) is 4.80. The van der Waals surface area contributed by atoms with Gasteiger partial charge in [-0.2, -0.15) is 0 Å². The first kappa shape index (κ1) is 30.1. The average molecular weight is 574 g/mol. The number of hydrogen-bond acceptors (Lipinski definition) is 4. The molecule has 0 heterocycles. The molecule has 0 saturated heterocycles. The summed E-state index contributed by atoms with van der Waals surface area (Å²) >= 11 is 5.98. The zero-order valence-electron chi connectivity index (χ0n) is 22.2. The van der Waals surface area contributed by atoms with Gasteiger partial charge in [0.1, 0.15) is 18.4 Å². The van der Waals surface area contributed by atoms with Crippen molar-refractivity contribution >= 4 is 39.1 Å². The number of sulfonamides is 1. The van der Waals surface area contributed by atoms with Crippen molar-refractivity contribution < 1.29 is 22.4 Å². The van der Waals surface area contributed by atoms with Crippen molar-refractivity contribution in [3.63, 3.8) is 0 Å². The van der Waals surface area contributed by atoms with Crippen LogP contribution in [0.4, 0.5) is 10.1 Å². The summed E-state index contributed by atoms with van der Waals surface area (Å²) in [7, 11) is -3.87. The van der Waals surface area contributed by atoms with Crippen LogP contribution in [-0.4, -0.2) is 50.0 Å². The Morgan fingerprint density at radius 1 is 0.949 bits per heavy atom. The largest absolute Gasteiger partial charge is 0.352 e. The van der Waals surface area contributed by atoms with E-state index in [1.807, 2.05) is 44.2 Å². The molecule has 2 amide bonds. The molecule has 3 aromatic carbocycles. The van der Waals surface area contributed by atoms with Gasteiger partial charge in [-0.1, -0.05) is 61.0 Å². The van der Waals surface area contributed by atoms with Gasteiger partial charge < -0.3 is 10.2 Å². The summed E-state index contributed by atoms with van der Waals surface area (Å²) in [5.74, 6) is -1.38. The molecule has 2 unspecified atom stereocenters. The number of rotatable bonds is 12. The molecule has 39 heavy (non-hydrogen) atoms. The molecule has 208 valence electrons. The number of amides is 2. The van der Waals surface area contributed by atoms with Crippen LogP contribution in [0, 0.1) is 5.82 Å². The lowest BCUT2D eigenvalue weighted by molar-refractivity contribution is -0.140. The first-order valence-corrected chi connectivity index (χ1v) is 14.8. The van der Waals surface area contributed by atoms with Crippen molar-refractivity contribution in [3.05, 3.63) is 101 Å². The zero-order valence-corrected chi connectivity index (χ0v) is 23.8. The highest BCUT2D eigenvalue weighted by Gasteiger charge is 2.33. The lowest BCUT2D eigenvalue weighted by atomic mass is 10.0. The van der Waals surface area contributed by atoms with E-state index in [1.165, 1.54) is 53.4 Å². The van der Waals surface area contributed by atoms with Gasteiger partial charge >= 0.3 is 0 Å². The first-order valence-electron chi connectivity index (χ1n) is 12.6. The maximum Gasteiger partial charge on any atom is 0.244 e. The summed E-state index contributed by atoms with van der Waals surface area (Å²) in [6, 6.07) is 19.9. The highest BCUT2D eigenvalue weighted by Crippen LogP contribution is 2.22. The number of nitrogens with one attached hydrogen (secondary N) is 1. The van der Waals surface area contributed by atoms with Gasteiger partial charge in [-0.3, -0.25) is 13.9 Å². The minimum atomic E-state index is -3.87. The molecule has 1 N–H and O–H groups in total. The Morgan fingerprint density at radius 2 is 1.56 bits per heavy atom. The smallest absolute Gasteiger partial charge is 0.244 e. The first-order chi connectivity index (χ1) is 18.5. The van der Waals surface area contributed by atoms with E-state index in [9.17, 15) is 22.4 Å². The van der Waals surface area contributed by atoms with Crippen molar-refractivity contribution in [2.24, 2.45) is 0 Å². The van der Waals surface area contributed by atoms with E-state index in [1.54, 1.807) is 0 Å². The Morgan fingerprint density at radius 3 is 2.13 bits per heavy atom. The van der Waals surface area contributed by atoms with Crippen LogP contribution in [0.2, 0.25) is 5.02 Å². The van der Waals surface area contributed by atoms with Crippen molar-refractivity contribution in [2.45, 2.75) is 45.3 Å². The second-order valence-corrected chi connectivity index (χ2v) is 11.8. The van der Waals surface area contributed by atoms with Crippen LogP contribution in [0.1, 0.15) is 31.4 Å². The summed E-state index contributed by atoms with van der Waals surface area (Å²) in [5, 5.41) is 3.38. The van der Waals surface area contributed by atoms with Crippen LogP contribution in [0.25, 0.3) is 0 Å². The van der Waals surface area contributed by atoms with Crippen LogP contribution in [0.15, 0.2) is 78.9 Å². The summed E-state index contributed by atoms with van der Waals surface area (Å²) in [6.07, 6.45) is 1.90. The number of halogens is 2. The van der Waals surface area contributed by atoms with Crippen LogP contribution in [0.3, 0.4) is 0 Å². The molecule has 3 aromatic rings. The highest BCUT2D eigenvalue weighted by molar-refractivity contribution is 7.92. The number of benzene rings is 3. The third-order valence-electron chi connectivity index (χ3n) is 6.33. The molecule has 0 fully saturated rings. The van der Waals surface area contributed by atoms with Crippen LogP contribution in [-0.2, 0) is 32.6 Å². The Balaban J connectivity index is 2.04. The minimum absolute atomic E-state index is 0.0250. The van der Waals surface area contributed by atoms with Gasteiger partial charge in [-0.25, -0.2) is 12.8 Å². The fourth-order valence-corrected chi connectivity index (χ4v) is 4.98. The van der Waals surface area contributed by atoms with E-state index in [-0.39, 0.29) is 30.6 Å². The van der Waals surface area contributed by atoms with Gasteiger partial charge in [0.2, 0.25) is 21.8 Å². The number of carbonyl (C=O) groups is 2. The Kier molecular flexibility index (Phi) is 10.5. The van der Waals surface area contributed by atoms with E-state index in [0.717, 1.165) is 16.1 Å². The fourth-order valence-electron chi connectivity index (χ4n) is 4.00. The van der Waals surface area contributed by atoms with Gasteiger partial charge in [-0.05, 0) is 60.9 Å². The second-order valence-electron chi connectivity index (χ2n) is 9.42. The number of carbonyl (C=O) groups excluding carboxylic acids is 2. The predicted molar refractivity (Wildman–Crippen MR) is 152 cm³/mol. The molecule has 7 nitrogen and oxygen atoms in total. The third-order valence-corrected chi connectivity index (χ3v) is 7.72. The van der Waals surface area contributed by atoms with Gasteiger partial charge in [0.25, 0.3) is 0 Å². The van der Waals surface area contributed by atoms with Crippen LogP contribution >= 0.6 is 11.6 Å². The van der Waals surface area contributed by atoms with Crippen molar-refractivity contribution in [3.8, 4) is 0 Å². The van der Waals surface area contributed by atoms with Crippen molar-refractivity contribution in [2.75, 3.05) is 17.1 Å². The van der Waals surface area contributed by atoms with Crippen LogP contribution in [0.5, 0.6) is 0 Å². The highest BCUT2D eigenvalue weighted by atomic mass is 35.5. The lowest BCUT2D eigenvalue weighted by Crippen LogP contribution is -2.54. The molecule has 0 aliphatic heterocycles. The molecule has 0 saturated carbocycles. The Labute approximate surface area is 234 Å². The quantitative estimate of drug-likeness (QED) is 0.337. The molecule has 0 aliphatic carbocycles. The zero-order chi connectivity index (χ0) is 28.6. The van der Waals surface area contributed by atoms with Gasteiger partial charge in [-0.15, -0.1) is 0 Å². The Bertz CT molecular complexity index is 1350. The number of nitrogens with zero attached hydrogens (tertiary/aromatic N) is 2. The molecule has 10 heteroatoms. The summed E-state index contributed by atoms with van der Waals surface area (Å²) < 4.78 is 40.1. The third kappa shape index (κ3) is 8.80. The summed E-state index contributed by atoms with van der Waals surface area (Å²) in [5.41, 5.74) is 1.69. The molecule has 0 radical (unpaired) electrons. The molecule has 0 aliphatic rings. The summed E-state index contributed by atoms with van der Waals surface area (Å²) in [4.78, 5) is 28.9. The van der Waals surface area contributed by atoms with E-state index in [2.05, 4.69) is 5.32 Å². The van der Waals surface area contributed by atoms with Crippen LogP contribution < -0.4 is 9.62 Å². The molecular weight excluding hydrogens is 541 g/mol. The molecule has 2 atom stereocenters. The monoisotopic (exact) mass is 573 g/mol. The average Bonchev–Trinajstić information content (AvgIpc) is 2.90.